The van der Waals surface area contributed by atoms with Crippen molar-refractivity contribution in [3.8, 4) is 0 Å². The van der Waals surface area contributed by atoms with Gasteiger partial charge < -0.3 is 19.7 Å². The predicted octanol–water partition coefficient (Wildman–Crippen LogP) is -1.16. The molecule has 0 saturated carbocycles. The van der Waals surface area contributed by atoms with Gasteiger partial charge in [0.15, 0.2) is 0 Å². The van der Waals surface area contributed by atoms with E-state index in [1.165, 1.54) is 28.1 Å². The number of rotatable bonds is 2. The SMILES string of the molecule is COC(=O)/C=C(\C)[O-].COC(=O)/C=C(\C)[O-].[Cu+2]. The molecular weight excluding hydrogens is 280 g/mol. The second-order valence-corrected chi connectivity index (χ2v) is 2.56. The van der Waals surface area contributed by atoms with Crippen molar-refractivity contribution < 1.29 is 46.3 Å². The van der Waals surface area contributed by atoms with Crippen LogP contribution in [0.4, 0.5) is 0 Å². The summed E-state index contributed by atoms with van der Waals surface area (Å²) in [5.74, 6) is -1.79. The van der Waals surface area contributed by atoms with Crippen LogP contribution in [0.15, 0.2) is 23.7 Å². The van der Waals surface area contributed by atoms with Crippen molar-refractivity contribution in [1.82, 2.24) is 0 Å². The first-order valence-corrected chi connectivity index (χ1v) is 4.20. The van der Waals surface area contributed by atoms with Crippen molar-refractivity contribution in [1.29, 1.82) is 0 Å². The molecule has 0 aromatic heterocycles. The van der Waals surface area contributed by atoms with Crippen LogP contribution < -0.4 is 10.2 Å². The summed E-state index contributed by atoms with van der Waals surface area (Å²) in [7, 11) is 2.45. The van der Waals surface area contributed by atoms with Crippen LogP contribution in [0.1, 0.15) is 13.8 Å². The van der Waals surface area contributed by atoms with Crippen molar-refractivity contribution in [2.75, 3.05) is 14.2 Å². The first-order valence-electron chi connectivity index (χ1n) is 4.20. The normalized spacial score (nSPS) is 10.4. The van der Waals surface area contributed by atoms with Gasteiger partial charge in [-0.25, -0.2) is 9.59 Å². The Labute approximate surface area is 110 Å². The number of ether oxygens (including phenoxy) is 2. The molecule has 0 atom stereocenters. The molecule has 0 amide bonds. The zero-order valence-corrected chi connectivity index (χ0v) is 10.8. The third-order valence-corrected chi connectivity index (χ3v) is 1.04. The molecule has 6 nitrogen and oxygen atoms in total. The summed E-state index contributed by atoms with van der Waals surface area (Å²) >= 11 is 0. The Morgan fingerprint density at radius 2 is 1.12 bits per heavy atom. The molecule has 17 heavy (non-hydrogen) atoms. The fraction of sp³-hybridized carbons (Fsp3) is 0.400. The van der Waals surface area contributed by atoms with Crippen LogP contribution in [0.3, 0.4) is 0 Å². The minimum Gasteiger partial charge on any atom is -0.875 e. The van der Waals surface area contributed by atoms with Crippen LogP contribution >= 0.6 is 0 Å². The number of allylic oxidation sites excluding steroid dienone is 2. The van der Waals surface area contributed by atoms with Crippen molar-refractivity contribution in [2.24, 2.45) is 0 Å². The van der Waals surface area contributed by atoms with E-state index in [0.29, 0.717) is 0 Å². The maximum atomic E-state index is 10.1. The Morgan fingerprint density at radius 3 is 1.18 bits per heavy atom. The topological polar surface area (TPSA) is 98.7 Å². The molecule has 101 valence electrons. The first kappa shape index (κ1) is 20.9. The third kappa shape index (κ3) is 20.6. The Bertz CT molecular complexity index is 257. The number of hydrogen-bond acceptors (Lipinski definition) is 6. The van der Waals surface area contributed by atoms with Gasteiger partial charge in [0.1, 0.15) is 0 Å². The molecule has 0 heterocycles. The summed E-state index contributed by atoms with van der Waals surface area (Å²) in [6, 6.07) is 0. The zero-order valence-electron chi connectivity index (χ0n) is 9.91. The van der Waals surface area contributed by atoms with E-state index >= 15 is 0 Å². The predicted molar refractivity (Wildman–Crippen MR) is 51.5 cm³/mol. The van der Waals surface area contributed by atoms with Crippen LogP contribution in [0.5, 0.6) is 0 Å². The van der Waals surface area contributed by atoms with Gasteiger partial charge in [-0.3, -0.25) is 0 Å². The van der Waals surface area contributed by atoms with Gasteiger partial charge in [-0.05, 0) is 0 Å². The van der Waals surface area contributed by atoms with Gasteiger partial charge >= 0.3 is 29.0 Å². The van der Waals surface area contributed by atoms with E-state index in [4.69, 9.17) is 0 Å². The Morgan fingerprint density at radius 1 is 0.882 bits per heavy atom. The van der Waals surface area contributed by atoms with Crippen molar-refractivity contribution in [3.05, 3.63) is 23.7 Å². The Hall–Kier alpha value is -1.46. The van der Waals surface area contributed by atoms with Crippen molar-refractivity contribution in [2.45, 2.75) is 13.8 Å². The Kier molecular flexibility index (Phi) is 15.5. The molecule has 0 N–H and O–H groups in total. The van der Waals surface area contributed by atoms with E-state index in [0.717, 1.165) is 12.2 Å². The van der Waals surface area contributed by atoms with Crippen molar-refractivity contribution >= 4 is 11.9 Å². The molecule has 0 aliphatic heterocycles. The Balaban J connectivity index is -0.000000218. The summed E-state index contributed by atoms with van der Waals surface area (Å²) in [5.41, 5.74) is 0. The molecular formula is C10H14CuO6. The molecule has 0 bridgehead atoms. The van der Waals surface area contributed by atoms with Gasteiger partial charge in [0.05, 0.1) is 14.2 Å². The second-order valence-electron chi connectivity index (χ2n) is 2.56. The number of carbonyl (C=O) groups is 2. The number of hydrogen-bond donors (Lipinski definition) is 0. The molecule has 0 fully saturated rings. The average Bonchev–Trinajstić information content (AvgIpc) is 2.16. The maximum Gasteiger partial charge on any atom is 2.00 e. The quantitative estimate of drug-likeness (QED) is 0.276. The van der Waals surface area contributed by atoms with Gasteiger partial charge in [-0.15, -0.1) is 11.5 Å². The van der Waals surface area contributed by atoms with E-state index in [1.807, 2.05) is 0 Å². The van der Waals surface area contributed by atoms with Crippen LogP contribution in [-0.4, -0.2) is 26.2 Å². The third-order valence-electron chi connectivity index (χ3n) is 1.04. The molecule has 0 aromatic rings. The molecule has 0 aliphatic carbocycles. The summed E-state index contributed by atoms with van der Waals surface area (Å²) in [5, 5.41) is 20.1. The molecule has 0 aliphatic rings. The van der Waals surface area contributed by atoms with Crippen LogP contribution in [0.25, 0.3) is 0 Å². The minimum absolute atomic E-state index is 0. The van der Waals surface area contributed by atoms with E-state index in [2.05, 4.69) is 9.47 Å². The maximum absolute atomic E-state index is 10.1. The van der Waals surface area contributed by atoms with E-state index in [-0.39, 0.29) is 28.6 Å². The fourth-order valence-corrected chi connectivity index (χ4v) is 0.450. The molecule has 0 spiro atoms. The zero-order chi connectivity index (χ0) is 13.1. The fourth-order valence-electron chi connectivity index (χ4n) is 0.450. The number of carbonyl (C=O) groups excluding carboxylic acids is 2. The van der Waals surface area contributed by atoms with Gasteiger partial charge in [-0.2, -0.15) is 0 Å². The molecule has 0 saturated heterocycles. The number of esters is 2. The van der Waals surface area contributed by atoms with Gasteiger partial charge in [0.2, 0.25) is 0 Å². The molecule has 0 rings (SSSR count). The van der Waals surface area contributed by atoms with Crippen LogP contribution in [0, 0.1) is 0 Å². The largest absolute Gasteiger partial charge is 2.00 e. The smallest absolute Gasteiger partial charge is 0.875 e. The molecule has 0 aromatic carbocycles. The van der Waals surface area contributed by atoms with Crippen molar-refractivity contribution in [3.63, 3.8) is 0 Å². The second kappa shape index (κ2) is 12.6. The van der Waals surface area contributed by atoms with Crippen LogP contribution in [0.2, 0.25) is 0 Å². The summed E-state index contributed by atoms with van der Waals surface area (Å²) < 4.78 is 8.29. The van der Waals surface area contributed by atoms with Crippen LogP contribution in [-0.2, 0) is 36.1 Å². The number of methoxy groups -OCH3 is 2. The van der Waals surface area contributed by atoms with Gasteiger partial charge in [0, 0.05) is 12.2 Å². The van der Waals surface area contributed by atoms with Gasteiger partial charge in [0.25, 0.3) is 0 Å². The summed E-state index contributed by atoms with van der Waals surface area (Å²) in [6.45, 7) is 2.58. The van der Waals surface area contributed by atoms with E-state index in [1.54, 1.807) is 0 Å². The van der Waals surface area contributed by atoms with Gasteiger partial charge in [-0.1, -0.05) is 13.8 Å². The monoisotopic (exact) mass is 293 g/mol. The van der Waals surface area contributed by atoms with E-state index in [9.17, 15) is 19.8 Å². The molecule has 0 unspecified atom stereocenters. The average molecular weight is 294 g/mol. The molecule has 7 heteroatoms. The standard InChI is InChI=1S/2C5H8O3.Cu/c2*1-4(6)3-5(7)8-2;/h2*3,6H,1-2H3;/q;;+2/p-2/b2*4-3+;. The van der Waals surface area contributed by atoms with E-state index < -0.39 is 11.9 Å². The minimum atomic E-state index is -0.600. The summed E-state index contributed by atoms with van der Waals surface area (Å²) in [4.78, 5) is 20.2. The molecule has 1 radical (unpaired) electrons. The summed E-state index contributed by atoms with van der Waals surface area (Å²) in [6.07, 6.45) is 1.78. The first-order chi connectivity index (χ1) is 7.33.